The first kappa shape index (κ1) is 14.7. The maximum Gasteiger partial charge on any atom is 0.249 e. The maximum absolute atomic E-state index is 11.1. The van der Waals surface area contributed by atoms with Crippen LogP contribution in [-0.2, 0) is 6.42 Å². The summed E-state index contributed by atoms with van der Waals surface area (Å²) in [7, 11) is 0. The lowest BCUT2D eigenvalue weighted by Crippen LogP contribution is -2.28. The highest BCUT2D eigenvalue weighted by Crippen LogP contribution is 2.17. The van der Waals surface area contributed by atoms with Gasteiger partial charge in [0.25, 0.3) is 0 Å². The third kappa shape index (κ3) is 3.69. The number of halogens is 1. The Kier molecular flexibility index (Phi) is 5.81. The summed E-state index contributed by atoms with van der Waals surface area (Å²) in [6, 6.07) is 3.88. The van der Waals surface area contributed by atoms with E-state index in [0.29, 0.717) is 12.0 Å². The largest absolute Gasteiger partial charge is 0.508 e. The minimum absolute atomic E-state index is 0. The number of hydrogen-bond donors (Lipinski definition) is 4. The molecular weight excluding hydrogens is 232 g/mol. The molecule has 16 heavy (non-hydrogen) atoms. The molecule has 0 saturated heterocycles. The second-order valence-corrected chi connectivity index (χ2v) is 3.35. The molecule has 0 heterocycles. The number of phenols is 1. The van der Waals surface area contributed by atoms with Crippen molar-refractivity contribution in [1.29, 1.82) is 0 Å². The summed E-state index contributed by atoms with van der Waals surface area (Å²) < 4.78 is 0. The molecule has 1 amide bonds. The van der Waals surface area contributed by atoms with Crippen LogP contribution in [0.4, 0.5) is 0 Å². The van der Waals surface area contributed by atoms with E-state index in [1.807, 2.05) is 0 Å². The Hall–Kier alpha value is -1.30. The number of aromatic hydroxyl groups is 1. The third-order valence-electron chi connectivity index (χ3n) is 2.08. The van der Waals surface area contributed by atoms with E-state index in [9.17, 15) is 9.90 Å². The highest BCUT2D eigenvalue weighted by Gasteiger charge is 2.11. The van der Waals surface area contributed by atoms with Crippen LogP contribution in [0.15, 0.2) is 18.2 Å². The van der Waals surface area contributed by atoms with Gasteiger partial charge in [-0.2, -0.15) is 0 Å². The van der Waals surface area contributed by atoms with Crippen LogP contribution in [0.1, 0.15) is 15.9 Å². The molecule has 0 fully saturated rings. The molecule has 1 aromatic carbocycles. The van der Waals surface area contributed by atoms with Gasteiger partial charge in [0.2, 0.25) is 5.91 Å². The van der Waals surface area contributed by atoms with E-state index in [2.05, 4.69) is 0 Å². The Morgan fingerprint density at radius 3 is 2.56 bits per heavy atom. The Bertz CT molecular complexity index is 371. The SMILES string of the molecule is Cl.NC(=O)c1cc(O)ccc1CC(N)CO. The fourth-order valence-corrected chi connectivity index (χ4v) is 1.32. The van der Waals surface area contributed by atoms with Crippen LogP contribution >= 0.6 is 12.4 Å². The third-order valence-corrected chi connectivity index (χ3v) is 2.08. The van der Waals surface area contributed by atoms with E-state index in [-0.39, 0.29) is 30.3 Å². The number of benzene rings is 1. The molecule has 1 unspecified atom stereocenters. The highest BCUT2D eigenvalue weighted by molar-refractivity contribution is 5.94. The fourth-order valence-electron chi connectivity index (χ4n) is 1.32. The summed E-state index contributed by atoms with van der Waals surface area (Å²) in [5, 5.41) is 18.0. The van der Waals surface area contributed by atoms with Crippen molar-refractivity contribution in [2.75, 3.05) is 6.61 Å². The van der Waals surface area contributed by atoms with E-state index < -0.39 is 11.9 Å². The fraction of sp³-hybridized carbons (Fsp3) is 0.300. The molecule has 0 aliphatic carbocycles. The number of aliphatic hydroxyl groups excluding tert-OH is 1. The molecular formula is C10H15ClN2O3. The molecule has 0 radical (unpaired) electrons. The van der Waals surface area contributed by atoms with Crippen LogP contribution in [0.3, 0.4) is 0 Å². The minimum atomic E-state index is -0.619. The monoisotopic (exact) mass is 246 g/mol. The summed E-state index contributed by atoms with van der Waals surface area (Å²) in [5.41, 5.74) is 11.6. The molecule has 1 aromatic rings. The normalized spacial score (nSPS) is 11.6. The molecule has 90 valence electrons. The number of nitrogens with two attached hydrogens (primary N) is 2. The van der Waals surface area contributed by atoms with Crippen molar-refractivity contribution in [3.63, 3.8) is 0 Å². The first-order chi connectivity index (χ1) is 7.04. The molecule has 6 N–H and O–H groups in total. The van der Waals surface area contributed by atoms with Crippen molar-refractivity contribution in [3.05, 3.63) is 29.3 Å². The van der Waals surface area contributed by atoms with E-state index in [4.69, 9.17) is 16.6 Å². The van der Waals surface area contributed by atoms with Crippen LogP contribution in [0, 0.1) is 0 Å². The number of hydrogen-bond acceptors (Lipinski definition) is 4. The van der Waals surface area contributed by atoms with Gasteiger partial charge in [0.1, 0.15) is 5.75 Å². The number of aliphatic hydroxyl groups is 1. The van der Waals surface area contributed by atoms with Crippen LogP contribution < -0.4 is 11.5 Å². The first-order valence-electron chi connectivity index (χ1n) is 4.52. The Labute approximate surface area is 99.5 Å². The number of phenolic OH excluding ortho intramolecular Hbond substituents is 1. The summed E-state index contributed by atoms with van der Waals surface area (Å²) in [5.74, 6) is -0.642. The van der Waals surface area contributed by atoms with Crippen molar-refractivity contribution in [2.24, 2.45) is 11.5 Å². The quantitative estimate of drug-likeness (QED) is 0.589. The molecule has 0 bridgehead atoms. The van der Waals surface area contributed by atoms with Crippen molar-refractivity contribution in [3.8, 4) is 5.75 Å². The summed E-state index contributed by atoms with van der Waals surface area (Å²) in [6.07, 6.45) is 0.342. The topological polar surface area (TPSA) is 110 Å². The molecule has 0 spiro atoms. The smallest absolute Gasteiger partial charge is 0.249 e. The van der Waals surface area contributed by atoms with Crippen molar-refractivity contribution >= 4 is 18.3 Å². The second-order valence-electron chi connectivity index (χ2n) is 3.35. The van der Waals surface area contributed by atoms with Crippen molar-refractivity contribution < 1.29 is 15.0 Å². The highest BCUT2D eigenvalue weighted by atomic mass is 35.5. The molecule has 0 aliphatic rings. The molecule has 6 heteroatoms. The van der Waals surface area contributed by atoms with Gasteiger partial charge in [-0.1, -0.05) is 6.07 Å². The molecule has 1 rings (SSSR count). The lowest BCUT2D eigenvalue weighted by molar-refractivity contribution is 0.0998. The maximum atomic E-state index is 11.1. The Morgan fingerprint density at radius 2 is 2.06 bits per heavy atom. The van der Waals surface area contributed by atoms with Crippen molar-refractivity contribution in [1.82, 2.24) is 0 Å². The van der Waals surface area contributed by atoms with Gasteiger partial charge in [-0.05, 0) is 24.1 Å². The predicted molar refractivity (Wildman–Crippen MR) is 62.6 cm³/mol. The lowest BCUT2D eigenvalue weighted by Gasteiger charge is -2.11. The van der Waals surface area contributed by atoms with Gasteiger partial charge in [-0.15, -0.1) is 12.4 Å². The van der Waals surface area contributed by atoms with Gasteiger partial charge < -0.3 is 21.7 Å². The van der Waals surface area contributed by atoms with E-state index >= 15 is 0 Å². The van der Waals surface area contributed by atoms with Gasteiger partial charge in [0.05, 0.1) is 6.61 Å². The van der Waals surface area contributed by atoms with Crippen molar-refractivity contribution in [2.45, 2.75) is 12.5 Å². The second kappa shape index (κ2) is 6.32. The molecule has 0 aromatic heterocycles. The minimum Gasteiger partial charge on any atom is -0.508 e. The lowest BCUT2D eigenvalue weighted by atomic mass is 10.00. The van der Waals surface area contributed by atoms with E-state index in [1.54, 1.807) is 6.07 Å². The first-order valence-corrected chi connectivity index (χ1v) is 4.52. The molecule has 1 atom stereocenters. The zero-order valence-electron chi connectivity index (χ0n) is 8.59. The average molecular weight is 247 g/mol. The van der Waals surface area contributed by atoms with Gasteiger partial charge in [-0.25, -0.2) is 0 Å². The number of carbonyl (C=O) groups is 1. The van der Waals surface area contributed by atoms with Crippen LogP contribution in [0.25, 0.3) is 0 Å². The van der Waals surface area contributed by atoms with Crippen LogP contribution in [0.5, 0.6) is 5.75 Å². The average Bonchev–Trinajstić information content (AvgIpc) is 2.20. The zero-order chi connectivity index (χ0) is 11.4. The summed E-state index contributed by atoms with van der Waals surface area (Å²) >= 11 is 0. The van der Waals surface area contributed by atoms with Gasteiger partial charge in [0.15, 0.2) is 0 Å². The van der Waals surface area contributed by atoms with Crippen LogP contribution in [-0.4, -0.2) is 28.8 Å². The summed E-state index contributed by atoms with van der Waals surface area (Å²) in [6.45, 7) is -0.168. The number of carbonyl (C=O) groups excluding carboxylic acids is 1. The standard InChI is InChI=1S/C10H14N2O3.ClH/c11-7(5-13)3-6-1-2-8(14)4-9(6)10(12)15;/h1-2,4,7,13-14H,3,5,11H2,(H2,12,15);1H. The number of primary amides is 1. The Morgan fingerprint density at radius 1 is 1.44 bits per heavy atom. The summed E-state index contributed by atoms with van der Waals surface area (Å²) in [4.78, 5) is 11.1. The predicted octanol–water partition coefficient (Wildman–Crippen LogP) is -0.225. The van der Waals surface area contributed by atoms with Gasteiger partial charge in [-0.3, -0.25) is 4.79 Å². The molecule has 0 aliphatic heterocycles. The Balaban J connectivity index is 0.00000225. The van der Waals surface area contributed by atoms with Crippen LogP contribution in [0.2, 0.25) is 0 Å². The zero-order valence-corrected chi connectivity index (χ0v) is 9.41. The van der Waals surface area contributed by atoms with Gasteiger partial charge in [0, 0.05) is 11.6 Å². The number of rotatable bonds is 4. The van der Waals surface area contributed by atoms with E-state index in [0.717, 1.165) is 0 Å². The number of amides is 1. The molecule has 5 nitrogen and oxygen atoms in total. The van der Waals surface area contributed by atoms with E-state index in [1.165, 1.54) is 12.1 Å². The van der Waals surface area contributed by atoms with Gasteiger partial charge >= 0.3 is 0 Å². The molecule has 0 saturated carbocycles.